The molecule has 2 unspecified atom stereocenters. The molecule has 1 fully saturated rings. The summed E-state index contributed by atoms with van der Waals surface area (Å²) in [4.78, 5) is 17.5. The first-order valence-electron chi connectivity index (χ1n) is 11.2. The van der Waals surface area contributed by atoms with E-state index in [1.807, 2.05) is 4.90 Å². The van der Waals surface area contributed by atoms with Gasteiger partial charge in [-0.15, -0.1) is 6.58 Å². The molecule has 0 aromatic heterocycles. The maximum absolute atomic E-state index is 13.0. The van der Waals surface area contributed by atoms with Gasteiger partial charge in [0.05, 0.1) is 5.54 Å². The Bertz CT molecular complexity index is 761. The van der Waals surface area contributed by atoms with Gasteiger partial charge < -0.3 is 10.2 Å². The molecular weight excluding hydrogens is 358 g/mol. The minimum absolute atomic E-state index is 0.0203. The van der Waals surface area contributed by atoms with Crippen molar-refractivity contribution in [3.63, 3.8) is 0 Å². The van der Waals surface area contributed by atoms with Gasteiger partial charge in [-0.2, -0.15) is 0 Å². The number of urea groups is 1. The van der Waals surface area contributed by atoms with Gasteiger partial charge >= 0.3 is 6.03 Å². The normalized spacial score (nSPS) is 22.2. The molecule has 0 radical (unpaired) electrons. The van der Waals surface area contributed by atoms with Crippen LogP contribution >= 0.6 is 0 Å². The van der Waals surface area contributed by atoms with Crippen LogP contribution in [-0.4, -0.2) is 42.0 Å². The Morgan fingerprint density at radius 1 is 1.21 bits per heavy atom. The van der Waals surface area contributed by atoms with Crippen LogP contribution in [0.3, 0.4) is 0 Å². The highest BCUT2D eigenvalue weighted by Crippen LogP contribution is 2.53. The molecule has 0 bridgehead atoms. The van der Waals surface area contributed by atoms with E-state index in [9.17, 15) is 4.79 Å². The van der Waals surface area contributed by atoms with Crippen molar-refractivity contribution in [3.05, 3.63) is 47.5 Å². The Labute approximate surface area is 177 Å². The Hall–Kier alpha value is -1.81. The molecule has 0 saturated carbocycles. The molecule has 2 heterocycles. The second-order valence-electron chi connectivity index (χ2n) is 9.75. The van der Waals surface area contributed by atoms with E-state index in [4.69, 9.17) is 0 Å². The zero-order chi connectivity index (χ0) is 21.4. The van der Waals surface area contributed by atoms with Crippen molar-refractivity contribution in [2.75, 3.05) is 20.1 Å². The number of allylic oxidation sites excluding steroid dienone is 1. The predicted molar refractivity (Wildman–Crippen MR) is 121 cm³/mol. The molecule has 4 heteroatoms. The molecule has 4 nitrogen and oxygen atoms in total. The van der Waals surface area contributed by atoms with Crippen molar-refractivity contribution in [2.45, 2.75) is 77.4 Å². The minimum atomic E-state index is 0.0203. The van der Waals surface area contributed by atoms with Crippen LogP contribution in [0.25, 0.3) is 0 Å². The zero-order valence-electron chi connectivity index (χ0n) is 19.2. The third-order valence-electron chi connectivity index (χ3n) is 7.64. The standard InChI is InChI=1S/C25H39N3O/c1-8-20(17-18(2)3)19(4)26-23(29)28-15-13-25(14-16-28)22-12-10-9-11-21(22)24(5,6)27(25)7/h9-12,19-20H,2,8,13-17H2,1,3-7H3,(H,26,29). The number of nitrogens with one attached hydrogen (secondary N) is 1. The van der Waals surface area contributed by atoms with Gasteiger partial charge in [-0.1, -0.05) is 43.2 Å². The fourth-order valence-corrected chi connectivity index (χ4v) is 5.53. The maximum Gasteiger partial charge on any atom is 0.317 e. The molecule has 1 saturated heterocycles. The second kappa shape index (κ2) is 8.14. The fourth-order valence-electron chi connectivity index (χ4n) is 5.53. The van der Waals surface area contributed by atoms with E-state index < -0.39 is 0 Å². The van der Waals surface area contributed by atoms with Crippen LogP contribution in [0.2, 0.25) is 0 Å². The number of rotatable bonds is 5. The average molecular weight is 398 g/mol. The third kappa shape index (κ3) is 3.84. The van der Waals surface area contributed by atoms with E-state index in [0.29, 0.717) is 5.92 Å². The van der Waals surface area contributed by atoms with Gasteiger partial charge in [0.2, 0.25) is 0 Å². The van der Waals surface area contributed by atoms with Crippen LogP contribution < -0.4 is 5.32 Å². The number of likely N-dealkylation sites (tertiary alicyclic amines) is 1. The van der Waals surface area contributed by atoms with E-state index in [1.54, 1.807) is 0 Å². The molecule has 2 atom stereocenters. The summed E-state index contributed by atoms with van der Waals surface area (Å²) in [5.41, 5.74) is 4.12. The van der Waals surface area contributed by atoms with Gasteiger partial charge in [-0.05, 0) is 71.0 Å². The highest BCUT2D eigenvalue weighted by atomic mass is 16.2. The summed E-state index contributed by atoms with van der Waals surface area (Å²) in [6, 6.07) is 9.11. The van der Waals surface area contributed by atoms with Gasteiger partial charge in [-0.3, -0.25) is 4.90 Å². The summed E-state index contributed by atoms with van der Waals surface area (Å²) in [5.74, 6) is 0.446. The van der Waals surface area contributed by atoms with Crippen molar-refractivity contribution in [2.24, 2.45) is 5.92 Å². The first-order valence-corrected chi connectivity index (χ1v) is 11.2. The van der Waals surface area contributed by atoms with Crippen molar-refractivity contribution < 1.29 is 4.79 Å². The molecule has 3 rings (SSSR count). The molecule has 29 heavy (non-hydrogen) atoms. The van der Waals surface area contributed by atoms with Crippen molar-refractivity contribution >= 4 is 6.03 Å². The van der Waals surface area contributed by atoms with Crippen molar-refractivity contribution in [1.29, 1.82) is 0 Å². The zero-order valence-corrected chi connectivity index (χ0v) is 19.2. The highest BCUT2D eigenvalue weighted by Gasteiger charge is 2.53. The van der Waals surface area contributed by atoms with Crippen molar-refractivity contribution in [1.82, 2.24) is 15.1 Å². The lowest BCUT2D eigenvalue weighted by Crippen LogP contribution is -2.55. The van der Waals surface area contributed by atoms with E-state index in [1.165, 1.54) is 16.7 Å². The lowest BCUT2D eigenvalue weighted by atomic mass is 9.81. The van der Waals surface area contributed by atoms with Crippen LogP contribution in [0.5, 0.6) is 0 Å². The number of fused-ring (bicyclic) bond motifs is 2. The second-order valence-corrected chi connectivity index (χ2v) is 9.75. The third-order valence-corrected chi connectivity index (χ3v) is 7.64. The first-order chi connectivity index (χ1) is 13.6. The number of hydrogen-bond acceptors (Lipinski definition) is 2. The number of amides is 2. The summed E-state index contributed by atoms with van der Waals surface area (Å²) in [5, 5.41) is 3.26. The molecule has 1 N–H and O–H groups in total. The number of nitrogens with zero attached hydrogens (tertiary/aromatic N) is 2. The molecule has 1 aromatic carbocycles. The quantitative estimate of drug-likeness (QED) is 0.689. The maximum atomic E-state index is 13.0. The lowest BCUT2D eigenvalue weighted by Gasteiger charge is -2.47. The van der Waals surface area contributed by atoms with Crippen molar-refractivity contribution in [3.8, 4) is 0 Å². The van der Waals surface area contributed by atoms with Gasteiger partial charge in [0, 0.05) is 24.7 Å². The highest BCUT2D eigenvalue weighted by molar-refractivity contribution is 5.74. The summed E-state index contributed by atoms with van der Waals surface area (Å²) in [6.07, 6.45) is 3.98. The number of carbonyl (C=O) groups excluding carboxylic acids is 1. The van der Waals surface area contributed by atoms with Gasteiger partial charge in [0.25, 0.3) is 0 Å². The monoisotopic (exact) mass is 397 g/mol. The van der Waals surface area contributed by atoms with E-state index in [2.05, 4.69) is 82.7 Å². The Kier molecular flexibility index (Phi) is 6.14. The largest absolute Gasteiger partial charge is 0.335 e. The van der Waals surface area contributed by atoms with E-state index in [0.717, 1.165) is 38.8 Å². The number of piperidine rings is 1. The summed E-state index contributed by atoms with van der Waals surface area (Å²) in [6.45, 7) is 16.7. The Balaban J connectivity index is 1.68. The Morgan fingerprint density at radius 3 is 2.34 bits per heavy atom. The van der Waals surface area contributed by atoms with Crippen LogP contribution in [0.1, 0.15) is 71.4 Å². The fraction of sp³-hybridized carbons (Fsp3) is 0.640. The van der Waals surface area contributed by atoms with Crippen LogP contribution in [-0.2, 0) is 11.1 Å². The van der Waals surface area contributed by atoms with Crippen LogP contribution in [0.15, 0.2) is 36.4 Å². The molecule has 2 amide bonds. The summed E-state index contributed by atoms with van der Waals surface area (Å²) < 4.78 is 0. The van der Waals surface area contributed by atoms with E-state index >= 15 is 0 Å². The predicted octanol–water partition coefficient (Wildman–Crippen LogP) is 5.25. The van der Waals surface area contributed by atoms with Gasteiger partial charge in [0.15, 0.2) is 0 Å². The molecule has 160 valence electrons. The molecule has 0 aliphatic carbocycles. The SMILES string of the molecule is C=C(C)CC(CC)C(C)NC(=O)N1CCC2(CC1)c1ccccc1C(C)(C)N2C. The van der Waals surface area contributed by atoms with Crippen LogP contribution in [0.4, 0.5) is 4.79 Å². The molecule has 1 aromatic rings. The lowest BCUT2D eigenvalue weighted by molar-refractivity contribution is 0.00307. The molecular formula is C25H39N3O. The molecule has 2 aliphatic heterocycles. The summed E-state index contributed by atoms with van der Waals surface area (Å²) in [7, 11) is 2.25. The minimum Gasteiger partial charge on any atom is -0.335 e. The number of benzene rings is 1. The van der Waals surface area contributed by atoms with Gasteiger partial charge in [-0.25, -0.2) is 4.79 Å². The first kappa shape index (κ1) is 21.9. The smallest absolute Gasteiger partial charge is 0.317 e. The topological polar surface area (TPSA) is 35.6 Å². The van der Waals surface area contributed by atoms with Gasteiger partial charge in [0.1, 0.15) is 0 Å². The van der Waals surface area contributed by atoms with Crippen LogP contribution in [0, 0.1) is 5.92 Å². The average Bonchev–Trinajstić information content (AvgIpc) is 2.85. The number of hydrogen-bond donors (Lipinski definition) is 1. The number of carbonyl (C=O) groups is 1. The molecule has 2 aliphatic rings. The van der Waals surface area contributed by atoms with E-state index in [-0.39, 0.29) is 23.2 Å². The summed E-state index contributed by atoms with van der Waals surface area (Å²) >= 11 is 0. The molecule has 1 spiro atoms. The Morgan fingerprint density at radius 2 is 1.79 bits per heavy atom.